The van der Waals surface area contributed by atoms with Crippen LogP contribution in [0, 0.1) is 10.1 Å². The van der Waals surface area contributed by atoms with Crippen molar-refractivity contribution in [2.24, 2.45) is 0 Å². The van der Waals surface area contributed by atoms with Crippen LogP contribution in [0.3, 0.4) is 0 Å². The Hall–Kier alpha value is -3.20. The minimum atomic E-state index is -0.401. The molecule has 2 heterocycles. The molecule has 0 unspecified atom stereocenters. The number of nitro groups is 1. The highest BCUT2D eigenvalue weighted by atomic mass is 16.6. The molecule has 9 heteroatoms. The maximum atomic E-state index is 11.2. The molecule has 9 nitrogen and oxygen atoms in total. The molecule has 0 bridgehead atoms. The number of piperazine rings is 1. The number of anilines is 1. The quantitative estimate of drug-likeness (QED) is 0.356. The Labute approximate surface area is 193 Å². The Kier molecular flexibility index (Phi) is 6.78. The van der Waals surface area contributed by atoms with E-state index in [-0.39, 0.29) is 23.6 Å². The fraction of sp³-hybridized carbons (Fsp3) is 0.500. The van der Waals surface area contributed by atoms with Gasteiger partial charge in [0.05, 0.1) is 22.8 Å². The van der Waals surface area contributed by atoms with Crippen molar-refractivity contribution in [2.75, 3.05) is 37.6 Å². The second kappa shape index (κ2) is 9.74. The third-order valence-corrected chi connectivity index (χ3v) is 6.31. The van der Waals surface area contributed by atoms with Gasteiger partial charge >= 0.3 is 0 Å². The van der Waals surface area contributed by atoms with Crippen molar-refractivity contribution in [3.8, 4) is 17.5 Å². The van der Waals surface area contributed by atoms with Crippen LogP contribution in [0.25, 0.3) is 0 Å². The summed E-state index contributed by atoms with van der Waals surface area (Å²) >= 11 is 0. The summed E-state index contributed by atoms with van der Waals surface area (Å²) in [5.41, 5.74) is 2.59. The van der Waals surface area contributed by atoms with E-state index in [2.05, 4.69) is 9.80 Å². The van der Waals surface area contributed by atoms with E-state index in [4.69, 9.17) is 4.74 Å². The summed E-state index contributed by atoms with van der Waals surface area (Å²) in [6, 6.07) is 4.81. The fourth-order valence-electron chi connectivity index (χ4n) is 4.63. The lowest BCUT2D eigenvalue weighted by atomic mass is 10.0. The van der Waals surface area contributed by atoms with Gasteiger partial charge in [-0.05, 0) is 45.7 Å². The zero-order valence-corrected chi connectivity index (χ0v) is 19.2. The van der Waals surface area contributed by atoms with Crippen LogP contribution in [0.2, 0.25) is 0 Å². The predicted molar refractivity (Wildman–Crippen MR) is 126 cm³/mol. The summed E-state index contributed by atoms with van der Waals surface area (Å²) in [6.07, 6.45) is 6.11. The van der Waals surface area contributed by atoms with Crippen molar-refractivity contribution < 1.29 is 19.9 Å². The van der Waals surface area contributed by atoms with Crippen LogP contribution >= 0.6 is 0 Å². The highest BCUT2D eigenvalue weighted by Gasteiger charge is 2.24. The van der Waals surface area contributed by atoms with E-state index >= 15 is 0 Å². The van der Waals surface area contributed by atoms with Gasteiger partial charge in [0, 0.05) is 49.9 Å². The maximum Gasteiger partial charge on any atom is 0.273 e. The summed E-state index contributed by atoms with van der Waals surface area (Å²) < 4.78 is 7.50. The molecule has 0 saturated carbocycles. The number of fused-ring (bicyclic) bond motifs is 1. The molecule has 2 N–H and O–H groups in total. The average Bonchev–Trinajstić information content (AvgIpc) is 3.04. The number of ether oxygens (including phenoxy) is 1. The Morgan fingerprint density at radius 2 is 1.67 bits per heavy atom. The summed E-state index contributed by atoms with van der Waals surface area (Å²) in [7, 11) is 0. The number of aromatic nitrogens is 1. The third-order valence-electron chi connectivity index (χ3n) is 6.31. The molecule has 0 radical (unpaired) electrons. The summed E-state index contributed by atoms with van der Waals surface area (Å²) in [6.45, 7) is 8.58. The first-order valence-electron chi connectivity index (χ1n) is 11.5. The SMILES string of the molecule is CC(C)Oc1cc([N+](=O)[O-])ccc1N1CCN(CCCn2c(O)c3c(c2O)CC=CC3)CC1. The molecular weight excluding hydrogens is 424 g/mol. The first-order valence-corrected chi connectivity index (χ1v) is 11.5. The summed E-state index contributed by atoms with van der Waals surface area (Å²) in [5, 5.41) is 32.1. The lowest BCUT2D eigenvalue weighted by Crippen LogP contribution is -2.46. The highest BCUT2D eigenvalue weighted by Crippen LogP contribution is 2.37. The lowest BCUT2D eigenvalue weighted by Gasteiger charge is -2.36. The first-order chi connectivity index (χ1) is 15.8. The number of hydrogen-bond donors (Lipinski definition) is 2. The summed E-state index contributed by atoms with van der Waals surface area (Å²) in [5.74, 6) is 0.921. The Balaban J connectivity index is 1.33. The number of aromatic hydroxyl groups is 2. The Morgan fingerprint density at radius 3 is 2.24 bits per heavy atom. The minimum absolute atomic E-state index is 0.0296. The molecule has 4 rings (SSSR count). The topological polar surface area (TPSA) is 104 Å². The molecule has 1 aromatic carbocycles. The van der Waals surface area contributed by atoms with E-state index in [0.717, 1.165) is 56.0 Å². The van der Waals surface area contributed by atoms with Crippen LogP contribution in [0.4, 0.5) is 11.4 Å². The molecule has 1 saturated heterocycles. The van der Waals surface area contributed by atoms with E-state index in [1.807, 2.05) is 26.0 Å². The Bertz CT molecular complexity index is 1010. The number of rotatable bonds is 8. The van der Waals surface area contributed by atoms with Crippen molar-refractivity contribution in [3.05, 3.63) is 51.6 Å². The van der Waals surface area contributed by atoms with Gasteiger partial charge in [-0.15, -0.1) is 0 Å². The van der Waals surface area contributed by atoms with Crippen LogP contribution < -0.4 is 9.64 Å². The average molecular weight is 457 g/mol. The van der Waals surface area contributed by atoms with Crippen LogP contribution in [-0.4, -0.2) is 63.4 Å². The molecule has 0 amide bonds. The number of non-ortho nitro benzene ring substituents is 1. The molecule has 178 valence electrons. The molecule has 1 fully saturated rings. The van der Waals surface area contributed by atoms with Gasteiger partial charge in [0.15, 0.2) is 11.8 Å². The van der Waals surface area contributed by atoms with Crippen LogP contribution in [0.15, 0.2) is 30.4 Å². The zero-order chi connectivity index (χ0) is 23.5. The van der Waals surface area contributed by atoms with Crippen molar-refractivity contribution in [3.63, 3.8) is 0 Å². The lowest BCUT2D eigenvalue weighted by molar-refractivity contribution is -0.384. The zero-order valence-electron chi connectivity index (χ0n) is 19.2. The van der Waals surface area contributed by atoms with Crippen molar-refractivity contribution >= 4 is 11.4 Å². The van der Waals surface area contributed by atoms with E-state index in [1.54, 1.807) is 10.6 Å². The molecule has 0 spiro atoms. The maximum absolute atomic E-state index is 11.2. The van der Waals surface area contributed by atoms with E-state index in [0.29, 0.717) is 25.1 Å². The molecule has 33 heavy (non-hydrogen) atoms. The molecule has 0 atom stereocenters. The van der Waals surface area contributed by atoms with Crippen LogP contribution in [-0.2, 0) is 19.4 Å². The molecular formula is C24H32N4O5. The largest absolute Gasteiger partial charge is 0.494 e. The molecule has 2 aliphatic rings. The normalized spacial score (nSPS) is 16.3. The molecule has 1 aliphatic heterocycles. The van der Waals surface area contributed by atoms with Crippen molar-refractivity contribution in [1.82, 2.24) is 9.47 Å². The number of nitrogens with zero attached hydrogens (tertiary/aromatic N) is 4. The second-order valence-corrected chi connectivity index (χ2v) is 8.89. The second-order valence-electron chi connectivity index (χ2n) is 8.89. The van der Waals surface area contributed by atoms with Crippen LogP contribution in [0.5, 0.6) is 17.5 Å². The smallest absolute Gasteiger partial charge is 0.273 e. The van der Waals surface area contributed by atoms with Gasteiger partial charge in [0.2, 0.25) is 0 Å². The predicted octanol–water partition coefficient (Wildman–Crippen LogP) is 3.46. The van der Waals surface area contributed by atoms with Crippen molar-refractivity contribution in [2.45, 2.75) is 45.8 Å². The van der Waals surface area contributed by atoms with Gasteiger partial charge in [-0.25, -0.2) is 0 Å². The van der Waals surface area contributed by atoms with Gasteiger partial charge in [0.1, 0.15) is 5.75 Å². The standard InChI is InChI=1S/C24H32N4O5/c1-17(2)33-22-16-18(28(31)32)8-9-21(22)26-14-12-25(13-15-26)10-5-11-27-23(29)19-6-3-4-7-20(19)24(27)30/h3-4,8-9,16-17,29-30H,5-7,10-15H2,1-2H3. The van der Waals surface area contributed by atoms with E-state index in [1.165, 1.54) is 12.1 Å². The van der Waals surface area contributed by atoms with Gasteiger partial charge in [0.25, 0.3) is 5.69 Å². The minimum Gasteiger partial charge on any atom is -0.494 e. The van der Waals surface area contributed by atoms with Crippen LogP contribution in [0.1, 0.15) is 31.4 Å². The van der Waals surface area contributed by atoms with Gasteiger partial charge in [-0.1, -0.05) is 12.2 Å². The van der Waals surface area contributed by atoms with Gasteiger partial charge in [-0.3, -0.25) is 19.6 Å². The number of allylic oxidation sites excluding steroid dienone is 2. The molecule has 1 aliphatic carbocycles. The third kappa shape index (κ3) is 4.93. The molecule has 2 aromatic rings. The number of nitro benzene ring substituents is 1. The van der Waals surface area contributed by atoms with Crippen molar-refractivity contribution in [1.29, 1.82) is 0 Å². The van der Waals surface area contributed by atoms with E-state index < -0.39 is 4.92 Å². The number of benzene rings is 1. The first kappa shape index (κ1) is 23.0. The number of hydrogen-bond acceptors (Lipinski definition) is 7. The van der Waals surface area contributed by atoms with E-state index in [9.17, 15) is 20.3 Å². The van der Waals surface area contributed by atoms with Gasteiger partial charge in [-0.2, -0.15) is 0 Å². The fourth-order valence-corrected chi connectivity index (χ4v) is 4.63. The monoisotopic (exact) mass is 456 g/mol. The molecule has 1 aromatic heterocycles. The highest BCUT2D eigenvalue weighted by molar-refractivity contribution is 5.63. The summed E-state index contributed by atoms with van der Waals surface area (Å²) in [4.78, 5) is 15.3. The van der Waals surface area contributed by atoms with Gasteiger partial charge < -0.3 is 19.8 Å². The Morgan fingerprint density at radius 1 is 1.03 bits per heavy atom.